The maximum absolute atomic E-state index is 12.5. The largest absolute Gasteiger partial charge is 0.493 e. The van der Waals surface area contributed by atoms with E-state index in [9.17, 15) is 9.59 Å². The predicted molar refractivity (Wildman–Crippen MR) is 119 cm³/mol. The number of rotatable bonds is 6. The molecule has 1 aromatic heterocycles. The normalized spacial score (nSPS) is 10.3. The van der Waals surface area contributed by atoms with Crippen LogP contribution in [0, 0.1) is 0 Å². The van der Waals surface area contributed by atoms with Crippen molar-refractivity contribution in [1.82, 2.24) is 20.7 Å². The molecule has 2 aromatic carbocycles. The van der Waals surface area contributed by atoms with E-state index in [-0.39, 0.29) is 23.1 Å². The van der Waals surface area contributed by atoms with Gasteiger partial charge in [-0.05, 0) is 41.9 Å². The van der Waals surface area contributed by atoms with E-state index in [1.54, 1.807) is 0 Å². The van der Waals surface area contributed by atoms with Crippen molar-refractivity contribution >= 4 is 40.0 Å². The minimum atomic E-state index is -0.512. The lowest BCUT2D eigenvalue weighted by Gasteiger charge is -2.15. The molecule has 0 bridgehead atoms. The van der Waals surface area contributed by atoms with Gasteiger partial charge in [-0.1, -0.05) is 18.2 Å². The standard InChI is InChI=1S/C21H22N4O5S/c1-28-16-10-14(11-17(29-2)19(16)30-3)20(27)22-21(31)24-23-18(26)12-25-9-8-13-6-4-5-7-15(13)25/h4-11H,12H2,1-3H3,(H,23,26)(H2,22,24,27,31). The van der Waals surface area contributed by atoms with Crippen molar-refractivity contribution in [2.45, 2.75) is 6.54 Å². The second-order valence-electron chi connectivity index (χ2n) is 6.37. The van der Waals surface area contributed by atoms with Crippen LogP contribution in [0.4, 0.5) is 0 Å². The van der Waals surface area contributed by atoms with Gasteiger partial charge >= 0.3 is 0 Å². The molecule has 1 heterocycles. The summed E-state index contributed by atoms with van der Waals surface area (Å²) in [5, 5.41) is 3.46. The van der Waals surface area contributed by atoms with E-state index >= 15 is 0 Å². The van der Waals surface area contributed by atoms with E-state index < -0.39 is 5.91 Å². The van der Waals surface area contributed by atoms with Crippen LogP contribution in [-0.4, -0.2) is 42.8 Å². The van der Waals surface area contributed by atoms with Crippen molar-refractivity contribution < 1.29 is 23.8 Å². The topological polar surface area (TPSA) is 103 Å². The molecule has 162 valence electrons. The highest BCUT2D eigenvalue weighted by Gasteiger charge is 2.18. The highest BCUT2D eigenvalue weighted by molar-refractivity contribution is 7.80. The number of benzene rings is 2. The van der Waals surface area contributed by atoms with E-state index in [4.69, 9.17) is 26.4 Å². The number of carbonyl (C=O) groups is 2. The Morgan fingerprint density at radius 3 is 2.29 bits per heavy atom. The van der Waals surface area contributed by atoms with Crippen LogP contribution in [-0.2, 0) is 11.3 Å². The molecule has 0 radical (unpaired) electrons. The third-order valence-corrected chi connectivity index (χ3v) is 4.67. The number of nitrogens with one attached hydrogen (secondary N) is 3. The molecule has 0 aliphatic carbocycles. The molecule has 3 aromatic rings. The molecule has 0 fully saturated rings. The number of para-hydroxylation sites is 1. The van der Waals surface area contributed by atoms with Gasteiger partial charge in [0.1, 0.15) is 6.54 Å². The first-order chi connectivity index (χ1) is 15.0. The number of nitrogens with zero attached hydrogens (tertiary/aromatic N) is 1. The fourth-order valence-corrected chi connectivity index (χ4v) is 3.16. The van der Waals surface area contributed by atoms with Crippen molar-refractivity contribution in [3.05, 3.63) is 54.2 Å². The summed E-state index contributed by atoms with van der Waals surface area (Å²) in [5.41, 5.74) is 6.17. The molecular weight excluding hydrogens is 420 g/mol. The Kier molecular flexibility index (Phi) is 6.93. The molecule has 0 aliphatic rings. The van der Waals surface area contributed by atoms with Crippen LogP contribution in [0.2, 0.25) is 0 Å². The summed E-state index contributed by atoms with van der Waals surface area (Å²) in [6.07, 6.45) is 1.83. The molecule has 0 unspecified atom stereocenters. The lowest BCUT2D eigenvalue weighted by Crippen LogP contribution is -2.49. The number of fused-ring (bicyclic) bond motifs is 1. The third kappa shape index (κ3) is 5.04. The highest BCUT2D eigenvalue weighted by Crippen LogP contribution is 2.38. The lowest BCUT2D eigenvalue weighted by atomic mass is 10.1. The Morgan fingerprint density at radius 1 is 0.968 bits per heavy atom. The van der Waals surface area contributed by atoms with Gasteiger partial charge in [0.15, 0.2) is 16.6 Å². The van der Waals surface area contributed by atoms with Gasteiger partial charge in [-0.2, -0.15) is 0 Å². The Balaban J connectivity index is 1.58. The molecular formula is C21H22N4O5S. The molecule has 3 rings (SSSR count). The fraction of sp³-hybridized carbons (Fsp3) is 0.190. The quantitative estimate of drug-likeness (QED) is 0.396. The first kappa shape index (κ1) is 21.9. The first-order valence-corrected chi connectivity index (χ1v) is 9.61. The molecule has 0 saturated heterocycles. The molecule has 0 aliphatic heterocycles. The molecule has 9 nitrogen and oxygen atoms in total. The summed E-state index contributed by atoms with van der Waals surface area (Å²) in [5.74, 6) is 0.191. The zero-order valence-electron chi connectivity index (χ0n) is 17.2. The molecule has 0 spiro atoms. The van der Waals surface area contributed by atoms with E-state index in [1.165, 1.54) is 33.5 Å². The molecule has 3 N–H and O–H groups in total. The Bertz CT molecular complexity index is 1100. The van der Waals surface area contributed by atoms with Gasteiger partial charge in [0.25, 0.3) is 11.8 Å². The van der Waals surface area contributed by atoms with Gasteiger partial charge < -0.3 is 18.8 Å². The number of thiocarbonyl (C=S) groups is 1. The van der Waals surface area contributed by atoms with E-state index in [0.717, 1.165) is 10.9 Å². The van der Waals surface area contributed by atoms with Crippen LogP contribution in [0.1, 0.15) is 10.4 Å². The number of hydrogen-bond donors (Lipinski definition) is 3. The Hall–Kier alpha value is -3.79. The molecule has 0 saturated carbocycles. The van der Waals surface area contributed by atoms with Gasteiger partial charge in [0.2, 0.25) is 5.75 Å². The maximum Gasteiger partial charge on any atom is 0.258 e. The van der Waals surface area contributed by atoms with Gasteiger partial charge in [-0.3, -0.25) is 25.8 Å². The summed E-state index contributed by atoms with van der Waals surface area (Å²) < 4.78 is 17.5. The van der Waals surface area contributed by atoms with Gasteiger partial charge in [0, 0.05) is 17.3 Å². The van der Waals surface area contributed by atoms with Gasteiger partial charge in [0.05, 0.1) is 21.3 Å². The second kappa shape index (κ2) is 9.81. The zero-order chi connectivity index (χ0) is 22.4. The molecule has 10 heteroatoms. The van der Waals surface area contributed by atoms with Crippen LogP contribution in [0.25, 0.3) is 10.9 Å². The van der Waals surface area contributed by atoms with Crippen LogP contribution in [0.3, 0.4) is 0 Å². The van der Waals surface area contributed by atoms with Crippen LogP contribution in [0.15, 0.2) is 48.7 Å². The summed E-state index contributed by atoms with van der Waals surface area (Å²) >= 11 is 5.09. The van der Waals surface area contributed by atoms with Gasteiger partial charge in [-0.25, -0.2) is 0 Å². The number of hydrogen-bond acceptors (Lipinski definition) is 6. The highest BCUT2D eigenvalue weighted by atomic mass is 32.1. The number of carbonyl (C=O) groups excluding carboxylic acids is 2. The number of ether oxygens (including phenoxy) is 3. The summed E-state index contributed by atoms with van der Waals surface area (Å²) in [6.45, 7) is 0.0873. The monoisotopic (exact) mass is 442 g/mol. The first-order valence-electron chi connectivity index (χ1n) is 9.21. The van der Waals surface area contributed by atoms with Gasteiger partial charge in [-0.15, -0.1) is 0 Å². The number of amides is 2. The molecule has 31 heavy (non-hydrogen) atoms. The smallest absolute Gasteiger partial charge is 0.258 e. The summed E-state index contributed by atoms with van der Waals surface area (Å²) in [6, 6.07) is 12.7. The second-order valence-corrected chi connectivity index (χ2v) is 6.78. The van der Waals surface area contributed by atoms with Crippen molar-refractivity contribution in [1.29, 1.82) is 0 Å². The Morgan fingerprint density at radius 2 is 1.65 bits per heavy atom. The van der Waals surface area contributed by atoms with Crippen LogP contribution < -0.4 is 30.4 Å². The number of methoxy groups -OCH3 is 3. The number of aromatic nitrogens is 1. The van der Waals surface area contributed by atoms with Crippen molar-refractivity contribution in [2.75, 3.05) is 21.3 Å². The maximum atomic E-state index is 12.5. The average Bonchev–Trinajstić information content (AvgIpc) is 3.19. The lowest BCUT2D eigenvalue weighted by molar-refractivity contribution is -0.122. The minimum Gasteiger partial charge on any atom is -0.493 e. The predicted octanol–water partition coefficient (Wildman–Crippen LogP) is 2.00. The van der Waals surface area contributed by atoms with E-state index in [1.807, 2.05) is 41.1 Å². The van der Waals surface area contributed by atoms with E-state index in [0.29, 0.717) is 17.2 Å². The average molecular weight is 442 g/mol. The zero-order valence-corrected chi connectivity index (χ0v) is 18.0. The van der Waals surface area contributed by atoms with Crippen molar-refractivity contribution in [3.63, 3.8) is 0 Å². The molecule has 2 amide bonds. The minimum absolute atomic E-state index is 0.0653. The van der Waals surface area contributed by atoms with Crippen LogP contribution >= 0.6 is 12.2 Å². The Labute approximate surface area is 184 Å². The SMILES string of the molecule is COc1cc(C(=O)NC(=S)NNC(=O)Cn2ccc3ccccc32)cc(OC)c1OC. The summed E-state index contributed by atoms with van der Waals surface area (Å²) in [4.78, 5) is 24.8. The van der Waals surface area contributed by atoms with Crippen molar-refractivity contribution in [3.8, 4) is 17.2 Å². The third-order valence-electron chi connectivity index (χ3n) is 4.46. The molecule has 0 atom stereocenters. The number of hydrazine groups is 1. The van der Waals surface area contributed by atoms with Crippen LogP contribution in [0.5, 0.6) is 17.2 Å². The fourth-order valence-electron chi connectivity index (χ4n) is 3.02. The summed E-state index contributed by atoms with van der Waals surface area (Å²) in [7, 11) is 4.38. The van der Waals surface area contributed by atoms with Crippen molar-refractivity contribution in [2.24, 2.45) is 0 Å². The van der Waals surface area contributed by atoms with E-state index in [2.05, 4.69) is 16.2 Å².